The number of hydrogen-bond donors (Lipinski definition) is 1. The zero-order chi connectivity index (χ0) is 21.9. The summed E-state index contributed by atoms with van der Waals surface area (Å²) >= 11 is 6.06. The van der Waals surface area contributed by atoms with E-state index in [-0.39, 0.29) is 21.8 Å². The van der Waals surface area contributed by atoms with Gasteiger partial charge in [0.25, 0.3) is 5.91 Å². The van der Waals surface area contributed by atoms with Gasteiger partial charge in [0, 0.05) is 35.8 Å². The molecule has 0 fully saturated rings. The minimum absolute atomic E-state index is 0.0792. The molecule has 0 heterocycles. The second-order valence-corrected chi connectivity index (χ2v) is 9.24. The number of nitrogens with one attached hydrogen (secondary N) is 1. The Balaban J connectivity index is 1.88. The molecule has 8 heteroatoms. The molecule has 6 nitrogen and oxygen atoms in total. The Kier molecular flexibility index (Phi) is 6.36. The molecule has 0 unspecified atom stereocenters. The number of carbonyl (C=O) groups is 2. The molecule has 0 aliphatic carbocycles. The number of sulfonamides is 1. The van der Waals surface area contributed by atoms with E-state index in [1.807, 2.05) is 0 Å². The summed E-state index contributed by atoms with van der Waals surface area (Å²) in [6.07, 6.45) is 0. The van der Waals surface area contributed by atoms with Crippen LogP contribution in [0.2, 0.25) is 5.02 Å². The first-order chi connectivity index (χ1) is 14.2. The molecule has 0 bridgehead atoms. The lowest BCUT2D eigenvalue weighted by Crippen LogP contribution is -2.22. The molecule has 3 aromatic rings. The van der Waals surface area contributed by atoms with Gasteiger partial charge >= 0.3 is 0 Å². The summed E-state index contributed by atoms with van der Waals surface area (Å²) in [7, 11) is -0.725. The van der Waals surface area contributed by atoms with Gasteiger partial charge < -0.3 is 5.32 Å². The third-order valence-electron chi connectivity index (χ3n) is 4.41. The monoisotopic (exact) mass is 442 g/mol. The molecule has 3 aromatic carbocycles. The number of hydrogen-bond acceptors (Lipinski definition) is 4. The van der Waals surface area contributed by atoms with Crippen LogP contribution < -0.4 is 5.32 Å². The Morgan fingerprint density at radius 3 is 2.10 bits per heavy atom. The molecule has 0 atom stereocenters. The fourth-order valence-corrected chi connectivity index (χ4v) is 3.82. The highest BCUT2D eigenvalue weighted by molar-refractivity contribution is 7.89. The van der Waals surface area contributed by atoms with Crippen molar-refractivity contribution >= 4 is 39.0 Å². The topological polar surface area (TPSA) is 83.6 Å². The zero-order valence-corrected chi connectivity index (χ0v) is 17.9. The van der Waals surface area contributed by atoms with Crippen molar-refractivity contribution in [3.8, 4) is 0 Å². The number of ketones is 1. The number of halogens is 1. The van der Waals surface area contributed by atoms with Crippen LogP contribution in [0.5, 0.6) is 0 Å². The molecule has 0 saturated heterocycles. The molecule has 0 aliphatic heterocycles. The number of nitrogens with zero attached hydrogens (tertiary/aromatic N) is 1. The maximum Gasteiger partial charge on any atom is 0.255 e. The molecule has 30 heavy (non-hydrogen) atoms. The molecule has 0 aromatic heterocycles. The normalized spacial score (nSPS) is 11.3. The van der Waals surface area contributed by atoms with E-state index in [0.29, 0.717) is 16.3 Å². The lowest BCUT2D eigenvalue weighted by molar-refractivity contribution is 0.102. The smallest absolute Gasteiger partial charge is 0.255 e. The summed E-state index contributed by atoms with van der Waals surface area (Å²) in [5.74, 6) is -0.756. The van der Waals surface area contributed by atoms with Gasteiger partial charge in [-0.15, -0.1) is 0 Å². The van der Waals surface area contributed by atoms with E-state index in [2.05, 4.69) is 5.32 Å². The molecular weight excluding hydrogens is 424 g/mol. The largest absolute Gasteiger partial charge is 0.321 e. The van der Waals surface area contributed by atoms with Crippen LogP contribution in [0.15, 0.2) is 77.7 Å². The Hall–Kier alpha value is -3.00. The Morgan fingerprint density at radius 2 is 1.50 bits per heavy atom. The van der Waals surface area contributed by atoms with Gasteiger partial charge in [0.2, 0.25) is 10.0 Å². The van der Waals surface area contributed by atoms with Crippen molar-refractivity contribution in [3.05, 3.63) is 94.5 Å². The Morgan fingerprint density at radius 1 is 0.867 bits per heavy atom. The van der Waals surface area contributed by atoms with Gasteiger partial charge in [-0.2, -0.15) is 0 Å². The Bertz CT molecular complexity index is 1190. The second kappa shape index (κ2) is 8.79. The van der Waals surface area contributed by atoms with E-state index < -0.39 is 15.9 Å². The van der Waals surface area contributed by atoms with Gasteiger partial charge in [0.15, 0.2) is 5.78 Å². The molecule has 3 rings (SSSR count). The van der Waals surface area contributed by atoms with Gasteiger partial charge in [-0.25, -0.2) is 12.7 Å². The quantitative estimate of drug-likeness (QED) is 0.583. The summed E-state index contributed by atoms with van der Waals surface area (Å²) in [6, 6.07) is 18.9. The number of amides is 1. The summed E-state index contributed by atoms with van der Waals surface area (Å²) in [5.41, 5.74) is 1.28. The number of benzene rings is 3. The number of anilines is 1. The molecule has 1 amide bonds. The van der Waals surface area contributed by atoms with Gasteiger partial charge in [-0.3, -0.25) is 9.59 Å². The maximum atomic E-state index is 12.9. The SMILES string of the molecule is CN(C)S(=O)(=O)c1ccc(C(=O)Nc2ccc(Cl)cc2C(=O)c2ccccc2)cc1. The third-order valence-corrected chi connectivity index (χ3v) is 6.47. The highest BCUT2D eigenvalue weighted by Gasteiger charge is 2.19. The van der Waals surface area contributed by atoms with Crippen molar-refractivity contribution in [1.29, 1.82) is 0 Å². The second-order valence-electron chi connectivity index (χ2n) is 6.65. The van der Waals surface area contributed by atoms with Crippen molar-refractivity contribution in [1.82, 2.24) is 4.31 Å². The highest BCUT2D eigenvalue weighted by Crippen LogP contribution is 2.24. The van der Waals surface area contributed by atoms with Crippen molar-refractivity contribution in [2.75, 3.05) is 19.4 Å². The van der Waals surface area contributed by atoms with E-state index >= 15 is 0 Å². The minimum atomic E-state index is -3.59. The molecule has 154 valence electrons. The molecule has 0 aliphatic rings. The standard InChI is InChI=1S/C22H19ClN2O4S/c1-25(2)30(28,29)18-11-8-16(9-12-18)22(27)24-20-13-10-17(23)14-19(20)21(26)15-6-4-3-5-7-15/h3-14H,1-2H3,(H,24,27). The van der Waals surface area contributed by atoms with Crippen molar-refractivity contribution in [3.63, 3.8) is 0 Å². The van der Waals surface area contributed by atoms with E-state index in [1.165, 1.54) is 44.4 Å². The first-order valence-electron chi connectivity index (χ1n) is 8.93. The predicted molar refractivity (Wildman–Crippen MR) is 117 cm³/mol. The van der Waals surface area contributed by atoms with Gasteiger partial charge in [-0.1, -0.05) is 41.9 Å². The van der Waals surface area contributed by atoms with E-state index in [9.17, 15) is 18.0 Å². The highest BCUT2D eigenvalue weighted by atomic mass is 35.5. The average Bonchev–Trinajstić information content (AvgIpc) is 2.75. The average molecular weight is 443 g/mol. The van der Waals surface area contributed by atoms with E-state index in [4.69, 9.17) is 11.6 Å². The van der Waals surface area contributed by atoms with Crippen LogP contribution in [0, 0.1) is 0 Å². The van der Waals surface area contributed by atoms with Crippen LogP contribution in [0.1, 0.15) is 26.3 Å². The summed E-state index contributed by atoms with van der Waals surface area (Å²) in [4.78, 5) is 25.6. The van der Waals surface area contributed by atoms with Crippen molar-refractivity contribution < 1.29 is 18.0 Å². The molecule has 0 saturated carbocycles. The fraction of sp³-hybridized carbons (Fsp3) is 0.0909. The third kappa shape index (κ3) is 4.59. The van der Waals surface area contributed by atoms with Crippen LogP contribution in [-0.4, -0.2) is 38.5 Å². The number of carbonyl (C=O) groups excluding carboxylic acids is 2. The van der Waals surface area contributed by atoms with Gasteiger partial charge in [-0.05, 0) is 42.5 Å². The van der Waals surface area contributed by atoms with Crippen molar-refractivity contribution in [2.24, 2.45) is 0 Å². The van der Waals surface area contributed by atoms with Crippen LogP contribution in [0.3, 0.4) is 0 Å². The lowest BCUT2D eigenvalue weighted by atomic mass is 10.0. The maximum absolute atomic E-state index is 12.9. The lowest BCUT2D eigenvalue weighted by Gasteiger charge is -2.13. The van der Waals surface area contributed by atoms with E-state index in [0.717, 1.165) is 4.31 Å². The van der Waals surface area contributed by atoms with Crippen LogP contribution in [0.4, 0.5) is 5.69 Å². The molecule has 0 spiro atoms. The Labute approximate surface area is 180 Å². The minimum Gasteiger partial charge on any atom is -0.321 e. The molecule has 0 radical (unpaired) electrons. The van der Waals surface area contributed by atoms with E-state index in [1.54, 1.807) is 42.5 Å². The summed E-state index contributed by atoms with van der Waals surface area (Å²) < 4.78 is 25.4. The fourth-order valence-electron chi connectivity index (χ4n) is 2.74. The summed E-state index contributed by atoms with van der Waals surface area (Å²) in [6.45, 7) is 0. The van der Waals surface area contributed by atoms with Crippen molar-refractivity contribution in [2.45, 2.75) is 4.90 Å². The van der Waals surface area contributed by atoms with Crippen LogP contribution in [0.25, 0.3) is 0 Å². The summed E-state index contributed by atoms with van der Waals surface area (Å²) in [5, 5.41) is 3.07. The van der Waals surface area contributed by atoms with Crippen LogP contribution in [-0.2, 0) is 10.0 Å². The first kappa shape index (κ1) is 21.7. The predicted octanol–water partition coefficient (Wildman–Crippen LogP) is 4.07. The zero-order valence-electron chi connectivity index (χ0n) is 16.3. The van der Waals surface area contributed by atoms with Crippen LogP contribution >= 0.6 is 11.6 Å². The molecule has 1 N–H and O–H groups in total. The first-order valence-corrected chi connectivity index (χ1v) is 10.7. The van der Waals surface area contributed by atoms with Gasteiger partial charge in [0.05, 0.1) is 10.6 Å². The number of rotatable bonds is 6. The molecular formula is C22H19ClN2O4S. The van der Waals surface area contributed by atoms with Gasteiger partial charge in [0.1, 0.15) is 0 Å².